The van der Waals surface area contributed by atoms with E-state index >= 15 is 0 Å². The average molecular weight is 478 g/mol. The molecule has 8 nitrogen and oxygen atoms in total. The van der Waals surface area contributed by atoms with Crippen LogP contribution in [-0.2, 0) is 11.3 Å². The van der Waals surface area contributed by atoms with Gasteiger partial charge in [0.15, 0.2) is 0 Å². The molecule has 0 aliphatic carbocycles. The van der Waals surface area contributed by atoms with E-state index < -0.39 is 0 Å². The van der Waals surface area contributed by atoms with Gasteiger partial charge in [-0.15, -0.1) is 0 Å². The number of piperidine rings is 2. The van der Waals surface area contributed by atoms with Gasteiger partial charge in [-0.05, 0) is 76.0 Å². The summed E-state index contributed by atoms with van der Waals surface area (Å²) in [5, 5.41) is 4.56. The number of aromatic nitrogens is 3. The molecule has 2 aromatic heterocycles. The topological polar surface area (TPSA) is 72.1 Å². The van der Waals surface area contributed by atoms with Crippen LogP contribution in [0.1, 0.15) is 45.4 Å². The second-order valence-electron chi connectivity index (χ2n) is 9.57. The Hall–Kier alpha value is -3.13. The van der Waals surface area contributed by atoms with Crippen molar-refractivity contribution in [1.82, 2.24) is 24.0 Å². The third-order valence-electron chi connectivity index (χ3n) is 7.36. The van der Waals surface area contributed by atoms with Crippen molar-refractivity contribution in [3.05, 3.63) is 53.1 Å². The van der Waals surface area contributed by atoms with Crippen LogP contribution in [0.2, 0.25) is 0 Å². The first-order valence-corrected chi connectivity index (χ1v) is 13.0. The quantitative estimate of drug-likeness (QED) is 0.521. The number of benzene rings is 1. The first kappa shape index (κ1) is 23.6. The summed E-state index contributed by atoms with van der Waals surface area (Å²) >= 11 is 0. The third kappa shape index (κ3) is 5.27. The fourth-order valence-electron chi connectivity index (χ4n) is 5.37. The molecule has 0 atom stereocenters. The van der Waals surface area contributed by atoms with Crippen molar-refractivity contribution < 1.29 is 9.53 Å². The van der Waals surface area contributed by atoms with Crippen molar-refractivity contribution in [2.75, 3.05) is 32.8 Å². The highest BCUT2D eigenvalue weighted by atomic mass is 16.5. The maximum Gasteiger partial charge on any atom is 0.276 e. The second-order valence-corrected chi connectivity index (χ2v) is 9.57. The van der Waals surface area contributed by atoms with E-state index in [1.54, 1.807) is 21.5 Å². The Morgan fingerprint density at radius 3 is 2.49 bits per heavy atom. The lowest BCUT2D eigenvalue weighted by Crippen LogP contribution is -2.48. The van der Waals surface area contributed by atoms with Gasteiger partial charge in [-0.3, -0.25) is 9.59 Å². The van der Waals surface area contributed by atoms with Crippen LogP contribution in [0.3, 0.4) is 0 Å². The van der Waals surface area contributed by atoms with Crippen molar-refractivity contribution in [1.29, 1.82) is 0 Å². The molecule has 2 aliphatic heterocycles. The number of amides is 1. The molecule has 2 fully saturated rings. The van der Waals surface area contributed by atoms with Gasteiger partial charge in [-0.2, -0.15) is 5.10 Å². The largest absolute Gasteiger partial charge is 0.494 e. The summed E-state index contributed by atoms with van der Waals surface area (Å²) in [5.41, 5.74) is 2.03. The van der Waals surface area contributed by atoms with Gasteiger partial charge >= 0.3 is 0 Å². The number of carbonyl (C=O) groups is 1. The van der Waals surface area contributed by atoms with E-state index in [9.17, 15) is 9.59 Å². The molecule has 186 valence electrons. The van der Waals surface area contributed by atoms with Gasteiger partial charge in [0.2, 0.25) is 5.91 Å². The van der Waals surface area contributed by atoms with E-state index in [0.717, 1.165) is 42.9 Å². The molecule has 35 heavy (non-hydrogen) atoms. The first-order valence-electron chi connectivity index (χ1n) is 13.0. The van der Waals surface area contributed by atoms with Gasteiger partial charge in [-0.1, -0.05) is 6.42 Å². The van der Waals surface area contributed by atoms with Crippen molar-refractivity contribution in [3.63, 3.8) is 0 Å². The van der Waals surface area contributed by atoms with Crippen LogP contribution in [0.4, 0.5) is 0 Å². The van der Waals surface area contributed by atoms with Crippen molar-refractivity contribution >= 4 is 11.4 Å². The lowest BCUT2D eigenvalue weighted by atomic mass is 10.00. The summed E-state index contributed by atoms with van der Waals surface area (Å²) in [6.07, 6.45) is 9.91. The van der Waals surface area contributed by atoms with Crippen LogP contribution in [0.15, 0.2) is 47.5 Å². The van der Waals surface area contributed by atoms with E-state index in [2.05, 4.69) is 10.00 Å². The Balaban J connectivity index is 1.20. The van der Waals surface area contributed by atoms with Gasteiger partial charge in [-0.25, -0.2) is 4.52 Å². The Morgan fingerprint density at radius 1 is 1.03 bits per heavy atom. The minimum Gasteiger partial charge on any atom is -0.494 e. The molecule has 1 aromatic carbocycles. The SMILES string of the molecule is CCOc1ccc(-c2cc3c(=O)n(CCC(=O)N4CCC(N5CCCCC5)CC4)ccn3n2)cc1. The van der Waals surface area contributed by atoms with E-state index in [1.165, 1.54) is 32.4 Å². The smallest absolute Gasteiger partial charge is 0.276 e. The fraction of sp³-hybridized carbons (Fsp3) is 0.519. The molecule has 0 N–H and O–H groups in total. The number of aryl methyl sites for hydroxylation is 1. The van der Waals surface area contributed by atoms with Gasteiger partial charge in [0.25, 0.3) is 5.56 Å². The number of nitrogens with zero attached hydrogens (tertiary/aromatic N) is 5. The maximum absolute atomic E-state index is 13.1. The fourth-order valence-corrected chi connectivity index (χ4v) is 5.37. The molecule has 5 rings (SSSR count). The Labute approximate surface area is 206 Å². The predicted molar refractivity (Wildman–Crippen MR) is 136 cm³/mol. The molecule has 3 aromatic rings. The zero-order valence-electron chi connectivity index (χ0n) is 20.6. The van der Waals surface area contributed by atoms with Crippen LogP contribution in [0.25, 0.3) is 16.8 Å². The summed E-state index contributed by atoms with van der Waals surface area (Å²) in [6, 6.07) is 10.1. The van der Waals surface area contributed by atoms with E-state index in [-0.39, 0.29) is 11.5 Å². The minimum atomic E-state index is -0.131. The number of ether oxygens (including phenoxy) is 1. The Kier molecular flexibility index (Phi) is 7.18. The predicted octanol–water partition coefficient (Wildman–Crippen LogP) is 3.43. The van der Waals surface area contributed by atoms with Crippen LogP contribution in [0.5, 0.6) is 5.75 Å². The number of rotatable bonds is 7. The van der Waals surface area contributed by atoms with E-state index in [0.29, 0.717) is 31.1 Å². The Morgan fingerprint density at radius 2 is 1.77 bits per heavy atom. The highest BCUT2D eigenvalue weighted by Crippen LogP contribution is 2.23. The van der Waals surface area contributed by atoms with Gasteiger partial charge < -0.3 is 19.1 Å². The second kappa shape index (κ2) is 10.6. The van der Waals surface area contributed by atoms with E-state index in [1.807, 2.05) is 42.2 Å². The molecular formula is C27H35N5O3. The van der Waals surface area contributed by atoms with Gasteiger partial charge in [0.05, 0.1) is 12.3 Å². The highest BCUT2D eigenvalue weighted by molar-refractivity contribution is 5.76. The monoisotopic (exact) mass is 477 g/mol. The lowest BCUT2D eigenvalue weighted by Gasteiger charge is -2.40. The summed E-state index contributed by atoms with van der Waals surface area (Å²) < 4.78 is 8.73. The van der Waals surface area contributed by atoms with Crippen LogP contribution in [-0.4, -0.2) is 68.7 Å². The first-order chi connectivity index (χ1) is 17.1. The molecule has 1 amide bonds. The number of hydrogen-bond donors (Lipinski definition) is 0. The summed E-state index contributed by atoms with van der Waals surface area (Å²) in [7, 11) is 0. The number of hydrogen-bond acceptors (Lipinski definition) is 5. The Bertz CT molecular complexity index is 1200. The molecule has 4 heterocycles. The van der Waals surface area contributed by atoms with Crippen LogP contribution in [0, 0.1) is 0 Å². The summed E-state index contributed by atoms with van der Waals surface area (Å²) in [5.74, 6) is 0.945. The van der Waals surface area contributed by atoms with Crippen molar-refractivity contribution in [2.24, 2.45) is 0 Å². The van der Waals surface area contributed by atoms with Crippen molar-refractivity contribution in [2.45, 2.75) is 58.0 Å². The molecular weight excluding hydrogens is 442 g/mol. The zero-order chi connectivity index (χ0) is 24.2. The third-order valence-corrected chi connectivity index (χ3v) is 7.36. The molecule has 2 saturated heterocycles. The lowest BCUT2D eigenvalue weighted by molar-refractivity contribution is -0.133. The molecule has 0 unspecified atom stereocenters. The highest BCUT2D eigenvalue weighted by Gasteiger charge is 2.27. The van der Waals surface area contributed by atoms with Gasteiger partial charge in [0.1, 0.15) is 11.3 Å². The van der Waals surface area contributed by atoms with Crippen LogP contribution >= 0.6 is 0 Å². The number of carbonyl (C=O) groups excluding carboxylic acids is 1. The molecule has 0 saturated carbocycles. The van der Waals surface area contributed by atoms with Crippen LogP contribution < -0.4 is 10.3 Å². The molecule has 8 heteroatoms. The molecule has 2 aliphatic rings. The van der Waals surface area contributed by atoms with Gasteiger partial charge in [0, 0.05) is 50.1 Å². The average Bonchev–Trinajstić information content (AvgIpc) is 3.35. The molecule has 0 radical (unpaired) electrons. The number of fused-ring (bicyclic) bond motifs is 1. The number of likely N-dealkylation sites (tertiary alicyclic amines) is 2. The molecule has 0 spiro atoms. The standard InChI is InChI=1S/C27H35N5O3/c1-2-35-23-8-6-21(7-9-23)24-20-25-27(34)31(18-19-32(25)28-24)17-12-26(33)30-15-10-22(11-16-30)29-13-4-3-5-14-29/h6-9,18-20,22H,2-5,10-17H2,1H3. The van der Waals surface area contributed by atoms with E-state index in [4.69, 9.17) is 4.74 Å². The maximum atomic E-state index is 13.1. The molecule has 0 bridgehead atoms. The summed E-state index contributed by atoms with van der Waals surface area (Å²) in [6.45, 7) is 7.01. The normalized spacial score (nSPS) is 17.7. The zero-order valence-corrected chi connectivity index (χ0v) is 20.6. The van der Waals surface area contributed by atoms with Crippen molar-refractivity contribution in [3.8, 4) is 17.0 Å². The summed E-state index contributed by atoms with van der Waals surface area (Å²) in [4.78, 5) is 30.5. The minimum absolute atomic E-state index is 0.131.